The summed E-state index contributed by atoms with van der Waals surface area (Å²) in [7, 11) is 1.92. The van der Waals surface area contributed by atoms with Crippen LogP contribution in [0.15, 0.2) is 24.4 Å². The summed E-state index contributed by atoms with van der Waals surface area (Å²) in [5, 5.41) is 0. The van der Waals surface area contributed by atoms with Gasteiger partial charge in [-0.1, -0.05) is 6.07 Å². The average molecular weight is 288 g/mol. The van der Waals surface area contributed by atoms with Gasteiger partial charge in [0.2, 0.25) is 5.91 Å². The van der Waals surface area contributed by atoms with Gasteiger partial charge in [-0.2, -0.15) is 0 Å². The van der Waals surface area contributed by atoms with Crippen molar-refractivity contribution in [3.63, 3.8) is 0 Å². The van der Waals surface area contributed by atoms with Gasteiger partial charge in [0.05, 0.1) is 0 Å². The molecule has 2 fully saturated rings. The number of piperidine rings is 1. The van der Waals surface area contributed by atoms with Crippen molar-refractivity contribution in [3.8, 4) is 0 Å². The summed E-state index contributed by atoms with van der Waals surface area (Å²) < 4.78 is 0. The summed E-state index contributed by atoms with van der Waals surface area (Å²) in [4.78, 5) is 22.7. The lowest BCUT2D eigenvalue weighted by atomic mass is 9.97. The Hall–Kier alpha value is -1.62. The average Bonchev–Trinajstić information content (AvgIpc) is 2.53. The van der Waals surface area contributed by atoms with Crippen molar-refractivity contribution in [2.24, 2.45) is 5.92 Å². The van der Waals surface area contributed by atoms with Crippen molar-refractivity contribution in [1.29, 1.82) is 0 Å². The number of rotatable bonds is 3. The van der Waals surface area contributed by atoms with Gasteiger partial charge >= 0.3 is 0 Å². The number of hydrogen-bond acceptors (Lipinski definition) is 4. The molecule has 0 bridgehead atoms. The Labute approximate surface area is 126 Å². The summed E-state index contributed by atoms with van der Waals surface area (Å²) in [6.07, 6.45) is 3.62. The van der Waals surface area contributed by atoms with E-state index in [2.05, 4.69) is 20.9 Å². The summed E-state index contributed by atoms with van der Waals surface area (Å²) in [5.41, 5.74) is 0. The Balaban J connectivity index is 1.47. The highest BCUT2D eigenvalue weighted by molar-refractivity contribution is 5.76. The van der Waals surface area contributed by atoms with Crippen LogP contribution in [0, 0.1) is 5.92 Å². The summed E-state index contributed by atoms with van der Waals surface area (Å²) in [5.74, 6) is 2.01. The van der Waals surface area contributed by atoms with Gasteiger partial charge < -0.3 is 9.80 Å². The maximum absolute atomic E-state index is 11.5. The Kier molecular flexibility index (Phi) is 4.39. The van der Waals surface area contributed by atoms with Gasteiger partial charge in [0.15, 0.2) is 0 Å². The van der Waals surface area contributed by atoms with Crippen LogP contribution in [-0.2, 0) is 4.79 Å². The van der Waals surface area contributed by atoms with E-state index in [9.17, 15) is 4.79 Å². The maximum atomic E-state index is 11.5. The molecule has 2 saturated heterocycles. The van der Waals surface area contributed by atoms with Crippen LogP contribution in [-0.4, -0.2) is 67.0 Å². The second-order valence-electron chi connectivity index (χ2n) is 6.15. The first-order valence-electron chi connectivity index (χ1n) is 7.84. The predicted octanol–water partition coefficient (Wildman–Crippen LogP) is 1.07. The lowest BCUT2D eigenvalue weighted by Gasteiger charge is -2.38. The molecule has 1 amide bonds. The van der Waals surface area contributed by atoms with Crippen molar-refractivity contribution < 1.29 is 4.79 Å². The number of hydrogen-bond donors (Lipinski definition) is 0. The van der Waals surface area contributed by atoms with Crippen LogP contribution < -0.4 is 4.90 Å². The molecule has 1 unspecified atom stereocenters. The van der Waals surface area contributed by atoms with Crippen molar-refractivity contribution in [2.45, 2.75) is 12.8 Å². The van der Waals surface area contributed by atoms with Crippen molar-refractivity contribution >= 4 is 11.7 Å². The van der Waals surface area contributed by atoms with E-state index in [1.165, 1.54) is 0 Å². The number of likely N-dealkylation sites (tertiary alicyclic amines) is 1. The van der Waals surface area contributed by atoms with Gasteiger partial charge in [-0.25, -0.2) is 4.98 Å². The van der Waals surface area contributed by atoms with Gasteiger partial charge in [-0.05, 0) is 24.5 Å². The number of pyridine rings is 1. The van der Waals surface area contributed by atoms with E-state index in [0.717, 1.165) is 57.9 Å². The normalized spacial score (nSPS) is 24.4. The molecule has 0 N–H and O–H groups in total. The molecule has 0 saturated carbocycles. The van der Waals surface area contributed by atoms with Crippen LogP contribution in [0.5, 0.6) is 0 Å². The molecule has 1 atom stereocenters. The maximum Gasteiger partial charge on any atom is 0.222 e. The van der Waals surface area contributed by atoms with Crippen LogP contribution in [0.4, 0.5) is 5.82 Å². The monoisotopic (exact) mass is 288 g/mol. The van der Waals surface area contributed by atoms with Crippen LogP contribution in [0.3, 0.4) is 0 Å². The van der Waals surface area contributed by atoms with E-state index >= 15 is 0 Å². The van der Waals surface area contributed by atoms with Gasteiger partial charge in [0, 0.05) is 58.9 Å². The Morgan fingerprint density at radius 1 is 1.24 bits per heavy atom. The second kappa shape index (κ2) is 6.43. The minimum Gasteiger partial charge on any atom is -0.354 e. The molecular formula is C16H24N4O. The molecule has 1 aromatic heterocycles. The van der Waals surface area contributed by atoms with E-state index in [1.54, 1.807) is 0 Å². The fraction of sp³-hybridized carbons (Fsp3) is 0.625. The minimum absolute atomic E-state index is 0.297. The molecule has 5 nitrogen and oxygen atoms in total. The van der Waals surface area contributed by atoms with Crippen molar-refractivity contribution in [1.82, 2.24) is 14.8 Å². The SMILES string of the molecule is CN1CC(CN2CCN(c3ccccn3)CC2)CCC1=O. The molecule has 0 radical (unpaired) electrons. The van der Waals surface area contributed by atoms with Crippen molar-refractivity contribution in [2.75, 3.05) is 51.2 Å². The third-order valence-electron chi connectivity index (χ3n) is 4.59. The molecule has 1 aromatic rings. The zero-order valence-electron chi connectivity index (χ0n) is 12.7. The first-order valence-corrected chi connectivity index (χ1v) is 7.84. The molecule has 0 spiro atoms. The molecule has 21 heavy (non-hydrogen) atoms. The number of piperazine rings is 1. The molecule has 114 valence electrons. The lowest BCUT2D eigenvalue weighted by molar-refractivity contribution is -0.133. The molecule has 0 aliphatic carbocycles. The van der Waals surface area contributed by atoms with E-state index in [1.807, 2.05) is 30.3 Å². The molecule has 2 aliphatic rings. The van der Waals surface area contributed by atoms with E-state index in [0.29, 0.717) is 11.8 Å². The number of aromatic nitrogens is 1. The Bertz CT molecular complexity index is 470. The highest BCUT2D eigenvalue weighted by atomic mass is 16.2. The summed E-state index contributed by atoms with van der Waals surface area (Å²) in [6, 6.07) is 6.08. The van der Waals surface area contributed by atoms with Gasteiger partial charge in [-0.3, -0.25) is 9.69 Å². The van der Waals surface area contributed by atoms with E-state index < -0.39 is 0 Å². The van der Waals surface area contributed by atoms with Crippen LogP contribution in [0.1, 0.15) is 12.8 Å². The number of anilines is 1. The van der Waals surface area contributed by atoms with Gasteiger partial charge in [0.1, 0.15) is 5.82 Å². The fourth-order valence-electron chi connectivity index (χ4n) is 3.31. The van der Waals surface area contributed by atoms with Crippen LogP contribution >= 0.6 is 0 Å². The highest BCUT2D eigenvalue weighted by Crippen LogP contribution is 2.19. The molecule has 2 aliphatic heterocycles. The Morgan fingerprint density at radius 3 is 2.71 bits per heavy atom. The first-order chi connectivity index (χ1) is 10.2. The smallest absolute Gasteiger partial charge is 0.222 e. The molecule has 3 rings (SSSR count). The largest absolute Gasteiger partial charge is 0.354 e. The summed E-state index contributed by atoms with van der Waals surface area (Å²) >= 11 is 0. The van der Waals surface area contributed by atoms with Gasteiger partial charge in [-0.15, -0.1) is 0 Å². The quantitative estimate of drug-likeness (QED) is 0.834. The number of amides is 1. The highest BCUT2D eigenvalue weighted by Gasteiger charge is 2.26. The van der Waals surface area contributed by atoms with Crippen LogP contribution in [0.25, 0.3) is 0 Å². The van der Waals surface area contributed by atoms with Crippen LogP contribution in [0.2, 0.25) is 0 Å². The van der Waals surface area contributed by atoms with E-state index in [4.69, 9.17) is 0 Å². The number of carbonyl (C=O) groups is 1. The molecule has 3 heterocycles. The fourth-order valence-corrected chi connectivity index (χ4v) is 3.31. The molecular weight excluding hydrogens is 264 g/mol. The minimum atomic E-state index is 0.297. The molecule has 0 aromatic carbocycles. The Morgan fingerprint density at radius 2 is 2.05 bits per heavy atom. The van der Waals surface area contributed by atoms with Crippen molar-refractivity contribution in [3.05, 3.63) is 24.4 Å². The second-order valence-corrected chi connectivity index (χ2v) is 6.15. The standard InChI is InChI=1S/C16H24N4O/c1-18-12-14(5-6-16(18)21)13-19-8-10-20(11-9-19)15-4-2-3-7-17-15/h2-4,7,14H,5-6,8-13H2,1H3. The first kappa shape index (κ1) is 14.3. The lowest BCUT2D eigenvalue weighted by Crippen LogP contribution is -2.50. The number of nitrogens with zero attached hydrogens (tertiary/aromatic N) is 4. The predicted molar refractivity (Wildman–Crippen MR) is 83.3 cm³/mol. The topological polar surface area (TPSA) is 39.7 Å². The summed E-state index contributed by atoms with van der Waals surface area (Å²) in [6.45, 7) is 6.29. The van der Waals surface area contributed by atoms with E-state index in [-0.39, 0.29) is 0 Å². The third kappa shape index (κ3) is 3.53. The number of carbonyl (C=O) groups excluding carboxylic acids is 1. The van der Waals surface area contributed by atoms with Gasteiger partial charge in [0.25, 0.3) is 0 Å². The third-order valence-corrected chi connectivity index (χ3v) is 4.59. The molecule has 5 heteroatoms. The zero-order valence-corrected chi connectivity index (χ0v) is 12.7. The zero-order chi connectivity index (χ0) is 14.7.